The zero-order chi connectivity index (χ0) is 17.6. The number of amides is 2. The summed E-state index contributed by atoms with van der Waals surface area (Å²) in [6, 6.07) is 6.23. The summed E-state index contributed by atoms with van der Waals surface area (Å²) in [7, 11) is -3.50. The summed E-state index contributed by atoms with van der Waals surface area (Å²) in [6.07, 6.45) is 5.36. The van der Waals surface area contributed by atoms with Gasteiger partial charge in [-0.2, -0.15) is 0 Å². The summed E-state index contributed by atoms with van der Waals surface area (Å²) in [5, 5.41) is 5.42. The quantitative estimate of drug-likeness (QED) is 0.814. The van der Waals surface area contributed by atoms with Crippen molar-refractivity contribution in [3.05, 3.63) is 29.8 Å². The Morgan fingerprint density at radius 2 is 1.79 bits per heavy atom. The van der Waals surface area contributed by atoms with Gasteiger partial charge in [0.15, 0.2) is 9.84 Å². The lowest BCUT2D eigenvalue weighted by Gasteiger charge is -2.22. The van der Waals surface area contributed by atoms with Crippen LogP contribution < -0.4 is 10.6 Å². The third-order valence-electron chi connectivity index (χ3n) is 4.23. The highest BCUT2D eigenvalue weighted by atomic mass is 32.2. The van der Waals surface area contributed by atoms with Crippen molar-refractivity contribution in [3.8, 4) is 0 Å². The lowest BCUT2D eigenvalue weighted by Crippen LogP contribution is -2.42. The van der Waals surface area contributed by atoms with Crippen LogP contribution in [-0.2, 0) is 14.6 Å². The van der Waals surface area contributed by atoms with Crippen molar-refractivity contribution in [1.29, 1.82) is 0 Å². The Balaban J connectivity index is 1.96. The molecule has 0 radical (unpaired) electrons. The number of hydrogen-bond donors (Lipinski definition) is 2. The number of nitrogens with one attached hydrogen (secondary N) is 2. The van der Waals surface area contributed by atoms with Gasteiger partial charge in [-0.25, -0.2) is 8.42 Å². The first kappa shape index (κ1) is 18.4. The predicted octanol–water partition coefficient (Wildman–Crippen LogP) is 1.66. The molecule has 0 unspecified atom stereocenters. The number of carbonyl (C=O) groups is 2. The lowest BCUT2D eigenvalue weighted by molar-refractivity contribution is -0.121. The molecule has 1 aliphatic rings. The molecule has 1 aromatic rings. The molecule has 0 saturated heterocycles. The Hall–Kier alpha value is -1.89. The number of sulfone groups is 1. The number of carbonyl (C=O) groups excluding carboxylic acids is 2. The minimum absolute atomic E-state index is 0.00214. The molecular weight excluding hydrogens is 328 g/mol. The summed E-state index contributed by atoms with van der Waals surface area (Å²) in [4.78, 5) is 24.2. The Labute approximate surface area is 142 Å². The van der Waals surface area contributed by atoms with Crippen molar-refractivity contribution >= 4 is 21.7 Å². The van der Waals surface area contributed by atoms with E-state index >= 15 is 0 Å². The van der Waals surface area contributed by atoms with Gasteiger partial charge in [-0.05, 0) is 25.0 Å². The lowest BCUT2D eigenvalue weighted by atomic mass is 9.95. The Bertz CT molecular complexity index is 694. The van der Waals surface area contributed by atoms with Crippen LogP contribution in [0.5, 0.6) is 0 Å². The first-order valence-corrected chi connectivity index (χ1v) is 9.98. The van der Waals surface area contributed by atoms with Crippen LogP contribution in [0.1, 0.15) is 49.4 Å². The normalized spacial score (nSPS) is 15.7. The maximum Gasteiger partial charge on any atom is 0.253 e. The average molecular weight is 352 g/mol. The average Bonchev–Trinajstić information content (AvgIpc) is 2.60. The fourth-order valence-electron chi connectivity index (χ4n) is 2.86. The molecule has 7 heteroatoms. The van der Waals surface area contributed by atoms with Crippen LogP contribution in [0.15, 0.2) is 29.2 Å². The van der Waals surface area contributed by atoms with E-state index in [9.17, 15) is 18.0 Å². The molecule has 0 aliphatic heterocycles. The Morgan fingerprint density at radius 3 is 2.46 bits per heavy atom. The summed E-state index contributed by atoms with van der Waals surface area (Å²) < 4.78 is 24.1. The Kier molecular flexibility index (Phi) is 6.36. The Morgan fingerprint density at radius 1 is 1.12 bits per heavy atom. The van der Waals surface area contributed by atoms with Crippen molar-refractivity contribution in [2.24, 2.45) is 0 Å². The van der Waals surface area contributed by atoms with Crippen LogP contribution in [-0.4, -0.2) is 38.6 Å². The third-order valence-corrected chi connectivity index (χ3v) is 6.01. The van der Waals surface area contributed by atoms with E-state index < -0.39 is 15.7 Å². The molecule has 2 rings (SSSR count). The molecular formula is C17H24N2O4S. The fourth-order valence-corrected chi connectivity index (χ4v) is 3.96. The summed E-state index contributed by atoms with van der Waals surface area (Å²) >= 11 is 0. The van der Waals surface area contributed by atoms with Gasteiger partial charge in [0.05, 0.1) is 22.8 Å². The van der Waals surface area contributed by atoms with Gasteiger partial charge in [-0.3, -0.25) is 9.59 Å². The molecule has 0 spiro atoms. The highest BCUT2D eigenvalue weighted by Gasteiger charge is 2.21. The van der Waals surface area contributed by atoms with Gasteiger partial charge >= 0.3 is 0 Å². The molecule has 1 aromatic carbocycles. The van der Waals surface area contributed by atoms with Crippen LogP contribution in [0.4, 0.5) is 0 Å². The van der Waals surface area contributed by atoms with Crippen LogP contribution in [0, 0.1) is 0 Å². The van der Waals surface area contributed by atoms with E-state index in [0.29, 0.717) is 0 Å². The van der Waals surface area contributed by atoms with E-state index in [1.54, 1.807) is 12.1 Å². The highest BCUT2D eigenvalue weighted by Crippen LogP contribution is 2.18. The molecule has 0 aromatic heterocycles. The predicted molar refractivity (Wildman–Crippen MR) is 91.5 cm³/mol. The summed E-state index contributed by atoms with van der Waals surface area (Å²) in [5.74, 6) is -0.882. The number of rotatable bonds is 6. The molecule has 1 aliphatic carbocycles. The number of hydrogen-bond acceptors (Lipinski definition) is 4. The van der Waals surface area contributed by atoms with Crippen molar-refractivity contribution in [2.45, 2.75) is 50.0 Å². The molecule has 24 heavy (non-hydrogen) atoms. The third kappa shape index (κ3) is 4.80. The molecule has 6 nitrogen and oxygen atoms in total. The van der Waals surface area contributed by atoms with Gasteiger partial charge in [-0.1, -0.05) is 38.3 Å². The zero-order valence-electron chi connectivity index (χ0n) is 13.9. The van der Waals surface area contributed by atoms with Gasteiger partial charge < -0.3 is 10.6 Å². The molecule has 1 saturated carbocycles. The van der Waals surface area contributed by atoms with E-state index in [2.05, 4.69) is 10.6 Å². The van der Waals surface area contributed by atoms with E-state index in [1.807, 2.05) is 0 Å². The van der Waals surface area contributed by atoms with Gasteiger partial charge in [0.1, 0.15) is 0 Å². The van der Waals surface area contributed by atoms with Crippen LogP contribution >= 0.6 is 0 Å². The second-order valence-corrected chi connectivity index (χ2v) is 8.23. The van der Waals surface area contributed by atoms with E-state index in [4.69, 9.17) is 0 Å². The second kappa shape index (κ2) is 8.28. The maximum absolute atomic E-state index is 12.3. The van der Waals surface area contributed by atoms with E-state index in [1.165, 1.54) is 25.5 Å². The monoisotopic (exact) mass is 352 g/mol. The molecule has 132 valence electrons. The van der Waals surface area contributed by atoms with Gasteiger partial charge in [0, 0.05) is 6.04 Å². The van der Waals surface area contributed by atoms with Gasteiger partial charge in [0.2, 0.25) is 5.91 Å². The van der Waals surface area contributed by atoms with Crippen LogP contribution in [0.25, 0.3) is 0 Å². The van der Waals surface area contributed by atoms with Crippen LogP contribution in [0.3, 0.4) is 0 Å². The maximum atomic E-state index is 12.3. The summed E-state index contributed by atoms with van der Waals surface area (Å²) in [5.41, 5.74) is 0.0739. The SMILES string of the molecule is CCS(=O)(=O)c1ccccc1C(=O)NCC(=O)NC1CCCCC1. The first-order valence-electron chi connectivity index (χ1n) is 8.33. The topological polar surface area (TPSA) is 92.3 Å². The smallest absolute Gasteiger partial charge is 0.253 e. The van der Waals surface area contributed by atoms with Crippen LogP contribution in [0.2, 0.25) is 0 Å². The van der Waals surface area contributed by atoms with Crippen molar-refractivity contribution in [1.82, 2.24) is 10.6 Å². The molecule has 0 atom stereocenters. The molecule has 2 N–H and O–H groups in total. The minimum atomic E-state index is -3.50. The van der Waals surface area contributed by atoms with E-state index in [0.717, 1.165) is 25.7 Å². The second-order valence-electron chi connectivity index (χ2n) is 5.98. The first-order chi connectivity index (χ1) is 11.4. The fraction of sp³-hybridized carbons (Fsp3) is 0.529. The van der Waals surface area contributed by atoms with Crippen molar-refractivity contribution < 1.29 is 18.0 Å². The summed E-state index contributed by atoms with van der Waals surface area (Å²) in [6.45, 7) is 1.37. The van der Waals surface area contributed by atoms with Crippen molar-refractivity contribution in [2.75, 3.05) is 12.3 Å². The molecule has 0 heterocycles. The molecule has 2 amide bonds. The van der Waals surface area contributed by atoms with Gasteiger partial charge in [-0.15, -0.1) is 0 Å². The van der Waals surface area contributed by atoms with Crippen molar-refractivity contribution in [3.63, 3.8) is 0 Å². The minimum Gasteiger partial charge on any atom is -0.352 e. The standard InChI is InChI=1S/C17H24N2O4S/c1-2-24(22,23)15-11-7-6-10-14(15)17(21)18-12-16(20)19-13-8-4-3-5-9-13/h6-7,10-11,13H,2-5,8-9,12H2,1H3,(H,18,21)(H,19,20). The molecule has 0 bridgehead atoms. The zero-order valence-corrected chi connectivity index (χ0v) is 14.7. The molecule has 1 fully saturated rings. The van der Waals surface area contributed by atoms with Gasteiger partial charge in [0.25, 0.3) is 5.91 Å². The number of benzene rings is 1. The van der Waals surface area contributed by atoms with E-state index in [-0.39, 0.29) is 34.7 Å². The largest absolute Gasteiger partial charge is 0.352 e. The highest BCUT2D eigenvalue weighted by molar-refractivity contribution is 7.91.